The Morgan fingerprint density at radius 3 is 2.28 bits per heavy atom. The molecule has 1 amide bonds. The van der Waals surface area contributed by atoms with Crippen molar-refractivity contribution in [2.24, 2.45) is 5.41 Å². The number of aromatic nitrogens is 2. The summed E-state index contributed by atoms with van der Waals surface area (Å²) in [6.07, 6.45) is 0.0398. The van der Waals surface area contributed by atoms with Crippen LogP contribution in [0.25, 0.3) is 11.4 Å². The second kappa shape index (κ2) is 7.65. The molecule has 6 nitrogen and oxygen atoms in total. The fourth-order valence-corrected chi connectivity index (χ4v) is 3.45. The minimum atomic E-state index is -0.561. The Morgan fingerprint density at radius 1 is 1.03 bits per heavy atom. The summed E-state index contributed by atoms with van der Waals surface area (Å²) in [5.74, 6) is 0.788. The maximum absolute atomic E-state index is 13.1. The minimum Gasteiger partial charge on any atom is -0.444 e. The van der Waals surface area contributed by atoms with Crippen molar-refractivity contribution in [1.29, 1.82) is 0 Å². The molecule has 0 atom stereocenters. The van der Waals surface area contributed by atoms with Crippen LogP contribution in [0.15, 0.2) is 30.3 Å². The molecule has 29 heavy (non-hydrogen) atoms. The van der Waals surface area contributed by atoms with E-state index in [0.29, 0.717) is 31.7 Å². The number of hydrogen-bond acceptors (Lipinski definition) is 4. The fraction of sp³-hybridized carbons (Fsp3) is 0.522. The molecule has 0 spiro atoms. The molecule has 0 N–H and O–H groups in total. The van der Waals surface area contributed by atoms with Crippen LogP contribution >= 0.6 is 0 Å². The molecule has 156 valence electrons. The van der Waals surface area contributed by atoms with Gasteiger partial charge >= 0.3 is 6.09 Å². The zero-order chi connectivity index (χ0) is 21.4. The number of nitrogens with zero attached hydrogens (tertiary/aromatic N) is 3. The summed E-state index contributed by atoms with van der Waals surface area (Å²) in [5.41, 5.74) is 1.52. The SMILES string of the molecule is CC(C)(C)CC(=O)c1nc(-c2ccccc2)n2c1CN(C(=O)OC(C)(C)C)CC2. The van der Waals surface area contributed by atoms with E-state index in [4.69, 9.17) is 9.72 Å². The minimum absolute atomic E-state index is 0.00877. The monoisotopic (exact) mass is 397 g/mol. The van der Waals surface area contributed by atoms with E-state index in [1.54, 1.807) is 4.90 Å². The number of benzene rings is 1. The molecule has 2 aromatic rings. The van der Waals surface area contributed by atoms with E-state index in [9.17, 15) is 9.59 Å². The predicted octanol–water partition coefficient (Wildman–Crippen LogP) is 4.92. The van der Waals surface area contributed by atoms with Crippen molar-refractivity contribution in [3.05, 3.63) is 41.7 Å². The number of carbonyl (C=O) groups is 2. The first-order valence-electron chi connectivity index (χ1n) is 10.1. The smallest absolute Gasteiger partial charge is 0.410 e. The van der Waals surface area contributed by atoms with Crippen LogP contribution in [-0.4, -0.2) is 38.5 Å². The highest BCUT2D eigenvalue weighted by Gasteiger charge is 2.32. The highest BCUT2D eigenvalue weighted by atomic mass is 16.6. The van der Waals surface area contributed by atoms with Crippen molar-refractivity contribution in [1.82, 2.24) is 14.5 Å². The van der Waals surface area contributed by atoms with E-state index < -0.39 is 5.60 Å². The van der Waals surface area contributed by atoms with E-state index in [-0.39, 0.29) is 17.3 Å². The number of ether oxygens (including phenoxy) is 1. The molecular formula is C23H31N3O3. The van der Waals surface area contributed by atoms with Gasteiger partial charge in [0.1, 0.15) is 17.1 Å². The van der Waals surface area contributed by atoms with Crippen molar-refractivity contribution in [3.8, 4) is 11.4 Å². The Hall–Kier alpha value is -2.63. The lowest BCUT2D eigenvalue weighted by Gasteiger charge is -2.31. The standard InChI is InChI=1S/C23H31N3O3/c1-22(2,3)14-18(27)19-17-15-25(21(28)29-23(4,5)6)12-13-26(17)20(24-19)16-10-8-7-9-11-16/h7-11H,12-15H2,1-6H3. The summed E-state index contributed by atoms with van der Waals surface area (Å²) in [7, 11) is 0. The lowest BCUT2D eigenvalue weighted by Crippen LogP contribution is -2.41. The first-order chi connectivity index (χ1) is 13.4. The topological polar surface area (TPSA) is 64.4 Å². The Balaban J connectivity index is 1.99. The van der Waals surface area contributed by atoms with E-state index in [0.717, 1.165) is 17.1 Å². The van der Waals surface area contributed by atoms with E-state index in [2.05, 4.69) is 4.57 Å². The average Bonchev–Trinajstić information content (AvgIpc) is 2.98. The van der Waals surface area contributed by atoms with Crippen LogP contribution in [0.4, 0.5) is 4.79 Å². The summed E-state index contributed by atoms with van der Waals surface area (Å²) in [6.45, 7) is 13.1. The number of rotatable bonds is 3. The Morgan fingerprint density at radius 2 is 1.69 bits per heavy atom. The van der Waals surface area contributed by atoms with Gasteiger partial charge in [0.05, 0.1) is 12.2 Å². The average molecular weight is 398 g/mol. The molecule has 1 aromatic heterocycles. The van der Waals surface area contributed by atoms with Crippen molar-refractivity contribution in [2.45, 2.75) is 66.7 Å². The molecule has 0 aliphatic carbocycles. The normalized spacial score (nSPS) is 14.5. The third-order valence-corrected chi connectivity index (χ3v) is 4.65. The quantitative estimate of drug-likeness (QED) is 0.690. The number of carbonyl (C=O) groups excluding carboxylic acids is 2. The van der Waals surface area contributed by atoms with Gasteiger partial charge in [-0.25, -0.2) is 9.78 Å². The summed E-state index contributed by atoms with van der Waals surface area (Å²) in [5, 5.41) is 0. The first kappa shape index (κ1) is 21.1. The van der Waals surface area contributed by atoms with Crippen LogP contribution in [0.1, 0.15) is 64.1 Å². The number of fused-ring (bicyclic) bond motifs is 1. The molecule has 0 saturated carbocycles. The van der Waals surface area contributed by atoms with Crippen LogP contribution in [-0.2, 0) is 17.8 Å². The second-order valence-electron chi connectivity index (χ2n) is 9.81. The van der Waals surface area contributed by atoms with Crippen LogP contribution < -0.4 is 0 Å². The van der Waals surface area contributed by atoms with E-state index in [1.807, 2.05) is 71.9 Å². The molecule has 0 unspecified atom stereocenters. The highest BCUT2D eigenvalue weighted by molar-refractivity contribution is 5.96. The molecule has 1 aromatic carbocycles. The second-order valence-corrected chi connectivity index (χ2v) is 9.81. The molecule has 0 saturated heterocycles. The van der Waals surface area contributed by atoms with Gasteiger partial charge in [0, 0.05) is 25.1 Å². The molecule has 3 rings (SSSR count). The van der Waals surface area contributed by atoms with E-state index >= 15 is 0 Å². The van der Waals surface area contributed by atoms with Gasteiger partial charge in [0.2, 0.25) is 0 Å². The van der Waals surface area contributed by atoms with Crippen molar-refractivity contribution >= 4 is 11.9 Å². The molecule has 1 aliphatic heterocycles. The lowest BCUT2D eigenvalue weighted by atomic mass is 9.89. The molecule has 6 heteroatoms. The van der Waals surface area contributed by atoms with Gasteiger partial charge in [0.25, 0.3) is 0 Å². The van der Waals surface area contributed by atoms with Gasteiger partial charge in [-0.05, 0) is 26.2 Å². The van der Waals surface area contributed by atoms with Crippen LogP contribution in [0.3, 0.4) is 0 Å². The fourth-order valence-electron chi connectivity index (χ4n) is 3.45. The Labute approximate surface area is 172 Å². The number of ketones is 1. The number of amides is 1. The number of imidazole rings is 1. The Kier molecular flexibility index (Phi) is 5.57. The molecular weight excluding hydrogens is 366 g/mol. The van der Waals surface area contributed by atoms with Crippen molar-refractivity contribution < 1.29 is 14.3 Å². The predicted molar refractivity (Wildman–Crippen MR) is 113 cm³/mol. The summed E-state index contributed by atoms with van der Waals surface area (Å²) < 4.78 is 7.61. The lowest BCUT2D eigenvalue weighted by molar-refractivity contribution is 0.0198. The van der Waals surface area contributed by atoms with Gasteiger partial charge in [-0.2, -0.15) is 0 Å². The van der Waals surface area contributed by atoms with Crippen molar-refractivity contribution in [3.63, 3.8) is 0 Å². The molecule has 1 aliphatic rings. The largest absolute Gasteiger partial charge is 0.444 e. The van der Waals surface area contributed by atoms with E-state index in [1.165, 1.54) is 0 Å². The number of hydrogen-bond donors (Lipinski definition) is 0. The van der Waals surface area contributed by atoms with Gasteiger partial charge < -0.3 is 14.2 Å². The zero-order valence-electron chi connectivity index (χ0n) is 18.3. The summed E-state index contributed by atoms with van der Waals surface area (Å²) in [4.78, 5) is 32.1. The third kappa shape index (κ3) is 5.05. The molecule has 2 heterocycles. The van der Waals surface area contributed by atoms with Crippen LogP contribution in [0.2, 0.25) is 0 Å². The zero-order valence-corrected chi connectivity index (χ0v) is 18.3. The van der Waals surface area contributed by atoms with Crippen molar-refractivity contribution in [2.75, 3.05) is 6.54 Å². The Bertz CT molecular complexity index is 902. The van der Waals surface area contributed by atoms with Crippen LogP contribution in [0, 0.1) is 5.41 Å². The summed E-state index contributed by atoms with van der Waals surface area (Å²) in [6, 6.07) is 9.87. The molecule has 0 bridgehead atoms. The highest BCUT2D eigenvalue weighted by Crippen LogP contribution is 2.30. The van der Waals surface area contributed by atoms with Gasteiger partial charge in [-0.1, -0.05) is 51.1 Å². The maximum atomic E-state index is 13.1. The van der Waals surface area contributed by atoms with Gasteiger partial charge in [-0.3, -0.25) is 4.79 Å². The molecule has 0 fully saturated rings. The summed E-state index contributed by atoms with van der Waals surface area (Å²) >= 11 is 0. The molecule has 0 radical (unpaired) electrons. The van der Waals surface area contributed by atoms with Crippen LogP contribution in [0.5, 0.6) is 0 Å². The van der Waals surface area contributed by atoms with Gasteiger partial charge in [0.15, 0.2) is 5.78 Å². The number of Topliss-reactive ketones (excluding diaryl/α,β-unsaturated/α-hetero) is 1. The third-order valence-electron chi connectivity index (χ3n) is 4.65. The maximum Gasteiger partial charge on any atom is 0.410 e. The van der Waals surface area contributed by atoms with Gasteiger partial charge in [-0.15, -0.1) is 0 Å². The first-order valence-corrected chi connectivity index (χ1v) is 10.1.